The topological polar surface area (TPSA) is 63.7 Å². The van der Waals surface area contributed by atoms with E-state index >= 15 is 0 Å². The van der Waals surface area contributed by atoms with E-state index in [1.165, 1.54) is 6.92 Å². The molecule has 0 aliphatic carbocycles. The Hall–Kier alpha value is -2.47. The number of rotatable bonds is 4. The Labute approximate surface area is 147 Å². The lowest BCUT2D eigenvalue weighted by Gasteiger charge is -2.20. The third-order valence-corrected chi connectivity index (χ3v) is 4.38. The van der Waals surface area contributed by atoms with Crippen LogP contribution in [-0.4, -0.2) is 28.7 Å². The molecular weight excluding hydrogens is 374 g/mol. The second-order valence-electron chi connectivity index (χ2n) is 5.44. The summed E-state index contributed by atoms with van der Waals surface area (Å²) in [7, 11) is 0. The molecule has 6 heteroatoms. The Morgan fingerprint density at radius 2 is 1.58 bits per heavy atom. The number of benzene rings is 2. The molecule has 3 rings (SSSR count). The van der Waals surface area contributed by atoms with Crippen molar-refractivity contribution in [3.63, 3.8) is 0 Å². The molecule has 0 saturated carbocycles. The molecule has 2 aromatic carbocycles. The highest BCUT2D eigenvalue weighted by atomic mass is 79.9. The Kier molecular flexibility index (Phi) is 4.49. The van der Waals surface area contributed by atoms with Crippen LogP contribution in [0.5, 0.6) is 0 Å². The minimum Gasteiger partial charge on any atom is -0.459 e. The first kappa shape index (κ1) is 16.4. The molecule has 1 aliphatic heterocycles. The van der Waals surface area contributed by atoms with E-state index in [2.05, 4.69) is 15.9 Å². The molecule has 0 bridgehead atoms. The highest BCUT2D eigenvalue weighted by molar-refractivity contribution is 9.10. The molecule has 24 heavy (non-hydrogen) atoms. The summed E-state index contributed by atoms with van der Waals surface area (Å²) in [5.41, 5.74) is 1.45. The van der Waals surface area contributed by atoms with Gasteiger partial charge in [-0.1, -0.05) is 40.2 Å². The van der Waals surface area contributed by atoms with E-state index in [4.69, 9.17) is 4.74 Å². The van der Waals surface area contributed by atoms with Crippen LogP contribution in [-0.2, 0) is 16.1 Å². The highest BCUT2D eigenvalue weighted by Crippen LogP contribution is 2.25. The number of ether oxygens (including phenoxy) is 1. The third-order valence-electron chi connectivity index (χ3n) is 3.85. The van der Waals surface area contributed by atoms with Crippen LogP contribution in [0, 0.1) is 0 Å². The molecule has 2 amide bonds. The van der Waals surface area contributed by atoms with Crippen LogP contribution in [0.2, 0.25) is 0 Å². The molecular formula is C18H14BrNO4. The van der Waals surface area contributed by atoms with Gasteiger partial charge in [-0.2, -0.15) is 0 Å². The van der Waals surface area contributed by atoms with Gasteiger partial charge >= 0.3 is 5.97 Å². The summed E-state index contributed by atoms with van der Waals surface area (Å²) in [4.78, 5) is 37.9. The van der Waals surface area contributed by atoms with Crippen molar-refractivity contribution in [1.29, 1.82) is 0 Å². The van der Waals surface area contributed by atoms with Gasteiger partial charge in [0.05, 0.1) is 11.1 Å². The van der Waals surface area contributed by atoms with Crippen molar-refractivity contribution in [2.24, 2.45) is 0 Å². The zero-order valence-corrected chi connectivity index (χ0v) is 14.4. The van der Waals surface area contributed by atoms with Crippen LogP contribution < -0.4 is 0 Å². The van der Waals surface area contributed by atoms with Crippen molar-refractivity contribution >= 4 is 33.7 Å². The molecule has 1 heterocycles. The fourth-order valence-corrected chi connectivity index (χ4v) is 2.79. The molecule has 0 radical (unpaired) electrons. The Balaban J connectivity index is 1.69. The van der Waals surface area contributed by atoms with Gasteiger partial charge in [0.25, 0.3) is 11.8 Å². The average molecular weight is 388 g/mol. The van der Waals surface area contributed by atoms with Crippen LogP contribution >= 0.6 is 15.9 Å². The second kappa shape index (κ2) is 6.57. The number of halogens is 1. The smallest absolute Gasteiger partial charge is 0.329 e. The lowest BCUT2D eigenvalue weighted by molar-refractivity contribution is -0.149. The average Bonchev–Trinajstić information content (AvgIpc) is 2.85. The van der Waals surface area contributed by atoms with Gasteiger partial charge in [-0.25, -0.2) is 4.79 Å². The summed E-state index contributed by atoms with van der Waals surface area (Å²) in [6.07, 6.45) is 0. The summed E-state index contributed by atoms with van der Waals surface area (Å²) in [6, 6.07) is 12.9. The van der Waals surface area contributed by atoms with Crippen molar-refractivity contribution in [1.82, 2.24) is 4.90 Å². The van der Waals surface area contributed by atoms with Crippen molar-refractivity contribution < 1.29 is 19.1 Å². The minimum atomic E-state index is -0.979. The molecule has 0 spiro atoms. The lowest BCUT2D eigenvalue weighted by atomic mass is 10.1. The number of imide groups is 1. The van der Waals surface area contributed by atoms with Gasteiger partial charge in [0.15, 0.2) is 0 Å². The van der Waals surface area contributed by atoms with Crippen molar-refractivity contribution in [3.05, 3.63) is 69.7 Å². The van der Waals surface area contributed by atoms with Crippen LogP contribution in [0.15, 0.2) is 53.0 Å². The predicted octanol–water partition coefficient (Wildman–Crippen LogP) is 3.18. The standard InChI is InChI=1S/C18H14BrNO4/c1-11(18(23)24-10-12-6-8-13(19)9-7-12)20-16(21)14-4-2-3-5-15(14)17(20)22/h2-9,11H,10H2,1H3. The minimum absolute atomic E-state index is 0.0830. The third kappa shape index (κ3) is 2.97. The fourth-order valence-electron chi connectivity index (χ4n) is 2.52. The maximum Gasteiger partial charge on any atom is 0.329 e. The summed E-state index contributed by atoms with van der Waals surface area (Å²) >= 11 is 3.33. The van der Waals surface area contributed by atoms with Crippen LogP contribution in [0.3, 0.4) is 0 Å². The molecule has 2 aromatic rings. The van der Waals surface area contributed by atoms with Gasteiger partial charge in [0.1, 0.15) is 12.6 Å². The number of nitrogens with zero attached hydrogens (tertiary/aromatic N) is 1. The molecule has 1 aliphatic rings. The lowest BCUT2D eigenvalue weighted by Crippen LogP contribution is -2.43. The van der Waals surface area contributed by atoms with Crippen molar-refractivity contribution in [3.8, 4) is 0 Å². The second-order valence-corrected chi connectivity index (χ2v) is 6.35. The van der Waals surface area contributed by atoms with E-state index in [0.29, 0.717) is 11.1 Å². The number of carbonyl (C=O) groups excluding carboxylic acids is 3. The summed E-state index contributed by atoms with van der Waals surface area (Å²) < 4.78 is 6.17. The zero-order valence-electron chi connectivity index (χ0n) is 12.9. The van der Waals surface area contributed by atoms with Crippen molar-refractivity contribution in [2.45, 2.75) is 19.6 Å². The first-order valence-electron chi connectivity index (χ1n) is 7.37. The SMILES string of the molecule is CC(C(=O)OCc1ccc(Br)cc1)N1C(=O)c2ccccc2C1=O. The van der Waals surface area contributed by atoms with E-state index in [1.807, 2.05) is 24.3 Å². The van der Waals surface area contributed by atoms with Gasteiger partial charge in [-0.05, 0) is 36.8 Å². The van der Waals surface area contributed by atoms with Gasteiger partial charge in [0, 0.05) is 4.47 Å². The molecule has 1 atom stereocenters. The Bertz CT molecular complexity index is 781. The predicted molar refractivity (Wildman–Crippen MR) is 90.3 cm³/mol. The highest BCUT2D eigenvalue weighted by Gasteiger charge is 2.41. The number of hydrogen-bond donors (Lipinski definition) is 0. The van der Waals surface area contributed by atoms with Gasteiger partial charge < -0.3 is 4.74 Å². The van der Waals surface area contributed by atoms with E-state index < -0.39 is 23.8 Å². The molecule has 0 aromatic heterocycles. The van der Waals surface area contributed by atoms with E-state index in [-0.39, 0.29) is 6.61 Å². The maximum atomic E-state index is 12.4. The first-order chi connectivity index (χ1) is 11.5. The van der Waals surface area contributed by atoms with E-state index in [1.54, 1.807) is 24.3 Å². The maximum absolute atomic E-state index is 12.4. The van der Waals surface area contributed by atoms with Crippen LogP contribution in [0.1, 0.15) is 33.2 Å². The number of carbonyl (C=O) groups is 3. The monoisotopic (exact) mass is 387 g/mol. The molecule has 0 N–H and O–H groups in total. The summed E-state index contributed by atoms with van der Waals surface area (Å²) in [5, 5.41) is 0. The fraction of sp³-hybridized carbons (Fsp3) is 0.167. The molecule has 0 saturated heterocycles. The van der Waals surface area contributed by atoms with Gasteiger partial charge in [-0.15, -0.1) is 0 Å². The molecule has 5 nitrogen and oxygen atoms in total. The van der Waals surface area contributed by atoms with Gasteiger partial charge in [0.2, 0.25) is 0 Å². The quantitative estimate of drug-likeness (QED) is 0.596. The zero-order chi connectivity index (χ0) is 17.3. The summed E-state index contributed by atoms with van der Waals surface area (Å²) in [5.74, 6) is -1.56. The Morgan fingerprint density at radius 3 is 2.12 bits per heavy atom. The number of esters is 1. The normalized spacial score (nSPS) is 14.5. The largest absolute Gasteiger partial charge is 0.459 e. The van der Waals surface area contributed by atoms with Gasteiger partial charge in [-0.3, -0.25) is 14.5 Å². The number of amides is 2. The number of fused-ring (bicyclic) bond motifs is 1. The van der Waals surface area contributed by atoms with E-state index in [9.17, 15) is 14.4 Å². The Morgan fingerprint density at radius 1 is 1.04 bits per heavy atom. The van der Waals surface area contributed by atoms with Crippen LogP contribution in [0.25, 0.3) is 0 Å². The molecule has 0 fully saturated rings. The molecule has 122 valence electrons. The van der Waals surface area contributed by atoms with Crippen molar-refractivity contribution in [2.75, 3.05) is 0 Å². The number of hydrogen-bond acceptors (Lipinski definition) is 4. The summed E-state index contributed by atoms with van der Waals surface area (Å²) in [6.45, 7) is 1.57. The first-order valence-corrected chi connectivity index (χ1v) is 8.16. The van der Waals surface area contributed by atoms with Crippen LogP contribution in [0.4, 0.5) is 0 Å². The molecule has 1 unspecified atom stereocenters. The van der Waals surface area contributed by atoms with E-state index in [0.717, 1.165) is 14.9 Å².